The molecular formula is C15H15NO. The van der Waals surface area contributed by atoms with Gasteiger partial charge in [0, 0.05) is 23.1 Å². The van der Waals surface area contributed by atoms with Crippen LogP contribution in [0.25, 0.3) is 0 Å². The molecule has 2 aromatic carbocycles. The van der Waals surface area contributed by atoms with E-state index >= 15 is 0 Å². The van der Waals surface area contributed by atoms with E-state index in [4.69, 9.17) is 10.5 Å². The molecule has 1 atom stereocenters. The molecule has 86 valence electrons. The number of para-hydroxylation sites is 2. The van der Waals surface area contributed by atoms with Crippen LogP contribution in [0, 0.1) is 0 Å². The fourth-order valence-corrected chi connectivity index (χ4v) is 2.51. The molecule has 1 aliphatic heterocycles. The molecule has 0 spiro atoms. The van der Waals surface area contributed by atoms with Crippen LogP contribution in [0.5, 0.6) is 11.5 Å². The van der Waals surface area contributed by atoms with Gasteiger partial charge in [-0.3, -0.25) is 0 Å². The van der Waals surface area contributed by atoms with Crippen molar-refractivity contribution in [3.63, 3.8) is 0 Å². The van der Waals surface area contributed by atoms with E-state index in [9.17, 15) is 0 Å². The van der Waals surface area contributed by atoms with Crippen molar-refractivity contribution in [2.24, 2.45) is 5.73 Å². The maximum absolute atomic E-state index is 6.14. The first-order chi connectivity index (χ1) is 8.27. The second kappa shape index (κ2) is 3.90. The van der Waals surface area contributed by atoms with Gasteiger partial charge < -0.3 is 10.5 Å². The lowest BCUT2D eigenvalue weighted by atomic mass is 9.83. The van der Waals surface area contributed by atoms with Crippen molar-refractivity contribution in [3.8, 4) is 11.5 Å². The van der Waals surface area contributed by atoms with Crippen LogP contribution in [0.4, 0.5) is 0 Å². The molecule has 0 amide bonds. The number of benzene rings is 2. The Morgan fingerprint density at radius 2 is 1.41 bits per heavy atom. The fourth-order valence-electron chi connectivity index (χ4n) is 2.51. The van der Waals surface area contributed by atoms with Gasteiger partial charge in [0.25, 0.3) is 0 Å². The number of hydrogen-bond donors (Lipinski definition) is 1. The average molecular weight is 225 g/mol. The molecule has 1 unspecified atom stereocenters. The van der Waals surface area contributed by atoms with E-state index in [0.717, 1.165) is 11.5 Å². The van der Waals surface area contributed by atoms with Gasteiger partial charge in [0.1, 0.15) is 11.5 Å². The number of hydrogen-bond acceptors (Lipinski definition) is 2. The second-order valence-electron chi connectivity index (χ2n) is 4.51. The molecule has 0 radical (unpaired) electrons. The zero-order valence-electron chi connectivity index (χ0n) is 9.76. The quantitative estimate of drug-likeness (QED) is 0.808. The first kappa shape index (κ1) is 10.4. The molecule has 1 heterocycles. The summed E-state index contributed by atoms with van der Waals surface area (Å²) in [6.45, 7) is 2.05. The third-order valence-corrected chi connectivity index (χ3v) is 3.25. The van der Waals surface area contributed by atoms with Crippen molar-refractivity contribution in [2.75, 3.05) is 0 Å². The predicted molar refractivity (Wildman–Crippen MR) is 68.5 cm³/mol. The average Bonchev–Trinajstić information content (AvgIpc) is 2.35. The van der Waals surface area contributed by atoms with Crippen LogP contribution in [-0.2, 0) is 0 Å². The van der Waals surface area contributed by atoms with Crippen LogP contribution in [0.2, 0.25) is 0 Å². The Labute approximate surface area is 101 Å². The summed E-state index contributed by atoms with van der Waals surface area (Å²) >= 11 is 0. The van der Waals surface area contributed by atoms with Gasteiger partial charge in [0.15, 0.2) is 0 Å². The van der Waals surface area contributed by atoms with Crippen molar-refractivity contribution in [3.05, 3.63) is 59.7 Å². The molecular weight excluding hydrogens is 210 g/mol. The van der Waals surface area contributed by atoms with Gasteiger partial charge in [-0.05, 0) is 19.1 Å². The Bertz CT molecular complexity index is 503. The fraction of sp³-hybridized carbons (Fsp3) is 0.200. The van der Waals surface area contributed by atoms with Crippen molar-refractivity contribution in [2.45, 2.75) is 18.9 Å². The standard InChI is InChI=1S/C15H15NO/c1-10(16)15-11-6-2-4-8-13(11)17-14-9-5-3-7-12(14)15/h2-10,15H,16H2,1H3. The van der Waals surface area contributed by atoms with E-state index in [1.54, 1.807) is 0 Å². The Hall–Kier alpha value is -1.80. The van der Waals surface area contributed by atoms with Gasteiger partial charge in [-0.15, -0.1) is 0 Å². The van der Waals surface area contributed by atoms with Crippen LogP contribution in [-0.4, -0.2) is 6.04 Å². The molecule has 0 fully saturated rings. The highest BCUT2D eigenvalue weighted by molar-refractivity contribution is 5.54. The molecule has 0 bridgehead atoms. The second-order valence-corrected chi connectivity index (χ2v) is 4.51. The summed E-state index contributed by atoms with van der Waals surface area (Å²) in [5, 5.41) is 0. The Kier molecular flexibility index (Phi) is 2.37. The number of rotatable bonds is 1. The summed E-state index contributed by atoms with van der Waals surface area (Å²) in [6.07, 6.45) is 0. The summed E-state index contributed by atoms with van der Waals surface area (Å²) in [7, 11) is 0. The molecule has 2 N–H and O–H groups in total. The number of nitrogens with two attached hydrogens (primary N) is 1. The normalized spacial score (nSPS) is 15.6. The maximum atomic E-state index is 6.14. The van der Waals surface area contributed by atoms with Crippen LogP contribution >= 0.6 is 0 Å². The Morgan fingerprint density at radius 1 is 0.941 bits per heavy atom. The topological polar surface area (TPSA) is 35.2 Å². The Morgan fingerprint density at radius 3 is 1.88 bits per heavy atom. The lowest BCUT2D eigenvalue weighted by molar-refractivity contribution is 0.434. The molecule has 0 saturated heterocycles. The summed E-state index contributed by atoms with van der Waals surface area (Å²) in [5.41, 5.74) is 8.50. The monoisotopic (exact) mass is 225 g/mol. The highest BCUT2D eigenvalue weighted by atomic mass is 16.5. The van der Waals surface area contributed by atoms with E-state index in [2.05, 4.69) is 12.1 Å². The SMILES string of the molecule is CC(N)C1c2ccccc2Oc2ccccc21. The summed E-state index contributed by atoms with van der Waals surface area (Å²) in [4.78, 5) is 0. The first-order valence-corrected chi connectivity index (χ1v) is 5.88. The summed E-state index contributed by atoms with van der Waals surface area (Å²) in [5.74, 6) is 2.07. The van der Waals surface area contributed by atoms with Crippen molar-refractivity contribution >= 4 is 0 Å². The van der Waals surface area contributed by atoms with Crippen molar-refractivity contribution in [1.29, 1.82) is 0 Å². The predicted octanol–water partition coefficient (Wildman–Crippen LogP) is 3.27. The molecule has 0 saturated carbocycles. The third-order valence-electron chi connectivity index (χ3n) is 3.25. The zero-order valence-corrected chi connectivity index (χ0v) is 9.76. The molecule has 0 aromatic heterocycles. The highest BCUT2D eigenvalue weighted by Crippen LogP contribution is 2.44. The lowest BCUT2D eigenvalue weighted by Crippen LogP contribution is -2.28. The van der Waals surface area contributed by atoms with E-state index in [0.29, 0.717) is 0 Å². The van der Waals surface area contributed by atoms with Crippen molar-refractivity contribution < 1.29 is 4.74 Å². The minimum atomic E-state index is 0.0706. The molecule has 17 heavy (non-hydrogen) atoms. The van der Waals surface area contributed by atoms with Crippen LogP contribution in [0.1, 0.15) is 24.0 Å². The van der Waals surface area contributed by atoms with E-state index in [1.165, 1.54) is 11.1 Å². The molecule has 2 aromatic rings. The van der Waals surface area contributed by atoms with Crippen molar-refractivity contribution in [1.82, 2.24) is 0 Å². The smallest absolute Gasteiger partial charge is 0.131 e. The summed E-state index contributed by atoms with van der Waals surface area (Å²) in [6, 6.07) is 16.3. The number of fused-ring (bicyclic) bond motifs is 2. The molecule has 1 aliphatic rings. The van der Waals surface area contributed by atoms with Gasteiger partial charge in [0.2, 0.25) is 0 Å². The minimum Gasteiger partial charge on any atom is -0.457 e. The van der Waals surface area contributed by atoms with Crippen LogP contribution in [0.15, 0.2) is 48.5 Å². The van der Waals surface area contributed by atoms with Gasteiger partial charge in [-0.1, -0.05) is 36.4 Å². The minimum absolute atomic E-state index is 0.0706. The van der Waals surface area contributed by atoms with Gasteiger partial charge in [0.05, 0.1) is 0 Å². The van der Waals surface area contributed by atoms with Crippen LogP contribution < -0.4 is 10.5 Å². The Balaban J connectivity index is 2.21. The van der Waals surface area contributed by atoms with Crippen LogP contribution in [0.3, 0.4) is 0 Å². The van der Waals surface area contributed by atoms with Gasteiger partial charge in [-0.25, -0.2) is 0 Å². The van der Waals surface area contributed by atoms with E-state index < -0.39 is 0 Å². The highest BCUT2D eigenvalue weighted by Gasteiger charge is 2.28. The van der Waals surface area contributed by atoms with E-state index in [-0.39, 0.29) is 12.0 Å². The third kappa shape index (κ3) is 1.61. The molecule has 3 rings (SSSR count). The maximum Gasteiger partial charge on any atom is 0.131 e. The van der Waals surface area contributed by atoms with E-state index in [1.807, 2.05) is 43.3 Å². The molecule has 0 aliphatic carbocycles. The molecule has 2 nitrogen and oxygen atoms in total. The number of ether oxygens (including phenoxy) is 1. The van der Waals surface area contributed by atoms with Gasteiger partial charge in [-0.2, -0.15) is 0 Å². The first-order valence-electron chi connectivity index (χ1n) is 5.88. The largest absolute Gasteiger partial charge is 0.457 e. The lowest BCUT2D eigenvalue weighted by Gasteiger charge is -2.30. The summed E-state index contributed by atoms with van der Waals surface area (Å²) < 4.78 is 5.90. The van der Waals surface area contributed by atoms with Gasteiger partial charge >= 0.3 is 0 Å². The zero-order chi connectivity index (χ0) is 11.8. The molecule has 2 heteroatoms.